The number of benzene rings is 2. The van der Waals surface area contributed by atoms with Crippen molar-refractivity contribution in [1.82, 2.24) is 0 Å². The van der Waals surface area contributed by atoms with Gasteiger partial charge in [0, 0.05) is 0 Å². The third-order valence-electron chi connectivity index (χ3n) is 4.39. The molecule has 0 saturated heterocycles. The van der Waals surface area contributed by atoms with Crippen LogP contribution in [0.4, 0.5) is 0 Å². The molecule has 2 aromatic carbocycles. The molecule has 0 saturated carbocycles. The fourth-order valence-electron chi connectivity index (χ4n) is 2.88. The van der Waals surface area contributed by atoms with E-state index in [0.29, 0.717) is 6.61 Å². The van der Waals surface area contributed by atoms with E-state index in [2.05, 4.69) is 26.0 Å². The lowest BCUT2D eigenvalue weighted by molar-refractivity contribution is 0.108. The Balaban J connectivity index is 1.65. The predicted octanol–water partition coefficient (Wildman–Crippen LogP) is 3.90. The van der Waals surface area contributed by atoms with Gasteiger partial charge in [0.1, 0.15) is 18.5 Å². The molecule has 2 aromatic rings. The molecule has 1 N–H and O–H groups in total. The zero-order valence-corrected chi connectivity index (χ0v) is 12.7. The minimum atomic E-state index is -0.586. The average Bonchev–Trinajstić information content (AvgIpc) is 2.95. The maximum absolute atomic E-state index is 10.3. The molecule has 2 nitrogen and oxygen atoms in total. The lowest BCUT2D eigenvalue weighted by Crippen LogP contribution is -2.10. The van der Waals surface area contributed by atoms with Gasteiger partial charge in [0.2, 0.25) is 0 Å². The summed E-state index contributed by atoms with van der Waals surface area (Å²) in [5, 5.41) is 10.3. The van der Waals surface area contributed by atoms with Gasteiger partial charge in [-0.3, -0.25) is 0 Å². The Morgan fingerprint density at radius 1 is 1.00 bits per heavy atom. The first-order valence-electron chi connectivity index (χ1n) is 7.63. The number of aryl methyl sites for hydroxylation is 4. The Morgan fingerprint density at radius 2 is 1.81 bits per heavy atom. The molecule has 0 aromatic heterocycles. The van der Waals surface area contributed by atoms with Crippen molar-refractivity contribution < 1.29 is 9.84 Å². The van der Waals surface area contributed by atoms with E-state index in [1.54, 1.807) is 0 Å². The summed E-state index contributed by atoms with van der Waals surface area (Å²) >= 11 is 0. The number of fused-ring (bicyclic) bond motifs is 1. The van der Waals surface area contributed by atoms with Crippen LogP contribution in [-0.2, 0) is 12.8 Å². The number of hydrogen-bond donors (Lipinski definition) is 1. The molecule has 0 aliphatic heterocycles. The van der Waals surface area contributed by atoms with Gasteiger partial charge in [-0.15, -0.1) is 0 Å². The van der Waals surface area contributed by atoms with E-state index in [-0.39, 0.29) is 0 Å². The van der Waals surface area contributed by atoms with Gasteiger partial charge in [-0.25, -0.2) is 0 Å². The van der Waals surface area contributed by atoms with E-state index < -0.39 is 6.10 Å². The Bertz CT molecular complexity index is 646. The molecule has 0 amide bonds. The molecule has 0 bridgehead atoms. The summed E-state index contributed by atoms with van der Waals surface area (Å²) in [6.45, 7) is 4.43. The summed E-state index contributed by atoms with van der Waals surface area (Å²) < 4.78 is 5.77. The molecule has 0 heterocycles. The molecule has 1 unspecified atom stereocenters. The summed E-state index contributed by atoms with van der Waals surface area (Å²) in [6.07, 6.45) is 2.98. The van der Waals surface area contributed by atoms with Crippen LogP contribution in [-0.4, -0.2) is 11.7 Å². The maximum Gasteiger partial charge on any atom is 0.119 e. The monoisotopic (exact) mass is 282 g/mol. The van der Waals surface area contributed by atoms with Crippen LogP contribution in [0.15, 0.2) is 36.4 Å². The molecule has 1 aliphatic carbocycles. The number of aliphatic hydroxyl groups is 1. The summed E-state index contributed by atoms with van der Waals surface area (Å²) in [6, 6.07) is 12.3. The summed E-state index contributed by atoms with van der Waals surface area (Å²) in [5.41, 5.74) is 6.19. The quantitative estimate of drug-likeness (QED) is 0.921. The van der Waals surface area contributed by atoms with E-state index in [1.807, 2.05) is 24.3 Å². The van der Waals surface area contributed by atoms with Gasteiger partial charge in [0.25, 0.3) is 0 Å². The average molecular weight is 282 g/mol. The third kappa shape index (κ3) is 3.11. The first kappa shape index (κ1) is 14.2. The lowest BCUT2D eigenvalue weighted by Gasteiger charge is -2.14. The largest absolute Gasteiger partial charge is 0.491 e. The van der Waals surface area contributed by atoms with Crippen LogP contribution in [0.3, 0.4) is 0 Å². The van der Waals surface area contributed by atoms with Crippen molar-refractivity contribution in [1.29, 1.82) is 0 Å². The topological polar surface area (TPSA) is 29.5 Å². The van der Waals surface area contributed by atoms with Gasteiger partial charge in [-0.2, -0.15) is 0 Å². The van der Waals surface area contributed by atoms with E-state index in [0.717, 1.165) is 17.7 Å². The lowest BCUT2D eigenvalue weighted by atomic mass is 10.0. The van der Waals surface area contributed by atoms with Crippen LogP contribution < -0.4 is 4.74 Å². The first-order valence-corrected chi connectivity index (χ1v) is 7.63. The molecular formula is C19H22O2. The van der Waals surface area contributed by atoms with Crippen molar-refractivity contribution in [2.45, 2.75) is 39.2 Å². The highest BCUT2D eigenvalue weighted by molar-refractivity contribution is 5.38. The van der Waals surface area contributed by atoms with E-state index in [9.17, 15) is 5.11 Å². The molecule has 0 spiro atoms. The summed E-state index contributed by atoms with van der Waals surface area (Å²) in [7, 11) is 0. The second-order valence-electron chi connectivity index (χ2n) is 5.95. The van der Waals surface area contributed by atoms with Crippen molar-refractivity contribution in [3.05, 3.63) is 64.2 Å². The normalized spacial score (nSPS) is 14.8. The summed E-state index contributed by atoms with van der Waals surface area (Å²) in [5.74, 6) is 0.860. The van der Waals surface area contributed by atoms with Crippen molar-refractivity contribution in [2.24, 2.45) is 0 Å². The van der Waals surface area contributed by atoms with Crippen LogP contribution in [0, 0.1) is 13.8 Å². The van der Waals surface area contributed by atoms with Crippen LogP contribution in [0.25, 0.3) is 0 Å². The van der Waals surface area contributed by atoms with Crippen LogP contribution in [0.1, 0.15) is 40.3 Å². The molecule has 1 atom stereocenters. The Morgan fingerprint density at radius 3 is 2.62 bits per heavy atom. The SMILES string of the molecule is Cc1ccc(C(O)COc2ccc3c(c2)CCC3)cc1C. The predicted molar refractivity (Wildman–Crippen MR) is 84.8 cm³/mol. The Kier molecular flexibility index (Phi) is 3.98. The fourth-order valence-corrected chi connectivity index (χ4v) is 2.88. The van der Waals surface area contributed by atoms with Gasteiger partial charge in [-0.05, 0) is 73.1 Å². The minimum absolute atomic E-state index is 0.293. The number of ether oxygens (including phenoxy) is 1. The molecule has 2 heteroatoms. The van der Waals surface area contributed by atoms with E-state index in [1.165, 1.54) is 35.1 Å². The first-order chi connectivity index (χ1) is 10.1. The smallest absolute Gasteiger partial charge is 0.119 e. The Hall–Kier alpha value is -1.80. The van der Waals surface area contributed by atoms with Crippen LogP contribution in [0.2, 0.25) is 0 Å². The van der Waals surface area contributed by atoms with Gasteiger partial charge in [0.05, 0.1) is 0 Å². The second kappa shape index (κ2) is 5.90. The molecule has 3 rings (SSSR count). The van der Waals surface area contributed by atoms with Crippen molar-refractivity contribution in [2.75, 3.05) is 6.61 Å². The number of aliphatic hydroxyl groups excluding tert-OH is 1. The number of rotatable bonds is 4. The molecule has 0 radical (unpaired) electrons. The molecule has 110 valence electrons. The second-order valence-corrected chi connectivity index (χ2v) is 5.95. The third-order valence-corrected chi connectivity index (χ3v) is 4.39. The van der Waals surface area contributed by atoms with Crippen molar-refractivity contribution in [3.63, 3.8) is 0 Å². The highest BCUT2D eigenvalue weighted by Crippen LogP contribution is 2.27. The Labute approximate surface area is 126 Å². The van der Waals surface area contributed by atoms with Gasteiger partial charge >= 0.3 is 0 Å². The zero-order valence-electron chi connectivity index (χ0n) is 12.7. The maximum atomic E-state index is 10.3. The zero-order chi connectivity index (χ0) is 14.8. The highest BCUT2D eigenvalue weighted by Gasteiger charge is 2.13. The van der Waals surface area contributed by atoms with Gasteiger partial charge in [0.15, 0.2) is 0 Å². The van der Waals surface area contributed by atoms with Crippen molar-refractivity contribution >= 4 is 0 Å². The molecule has 21 heavy (non-hydrogen) atoms. The number of hydrogen-bond acceptors (Lipinski definition) is 2. The molecular weight excluding hydrogens is 260 g/mol. The van der Waals surface area contributed by atoms with Gasteiger partial charge < -0.3 is 9.84 Å². The fraction of sp³-hybridized carbons (Fsp3) is 0.368. The van der Waals surface area contributed by atoms with E-state index in [4.69, 9.17) is 4.74 Å². The van der Waals surface area contributed by atoms with E-state index >= 15 is 0 Å². The molecule has 0 fully saturated rings. The highest BCUT2D eigenvalue weighted by atomic mass is 16.5. The van der Waals surface area contributed by atoms with Crippen LogP contribution in [0.5, 0.6) is 5.75 Å². The van der Waals surface area contributed by atoms with Crippen molar-refractivity contribution in [3.8, 4) is 5.75 Å². The standard InChI is InChI=1S/C19H22O2/c1-13-6-7-17(10-14(13)2)19(20)12-21-18-9-8-15-4-3-5-16(15)11-18/h6-11,19-20H,3-5,12H2,1-2H3. The molecule has 1 aliphatic rings. The summed E-state index contributed by atoms with van der Waals surface area (Å²) in [4.78, 5) is 0. The van der Waals surface area contributed by atoms with Crippen LogP contribution >= 0.6 is 0 Å². The minimum Gasteiger partial charge on any atom is -0.491 e. The van der Waals surface area contributed by atoms with Gasteiger partial charge in [-0.1, -0.05) is 24.3 Å².